The van der Waals surface area contributed by atoms with E-state index in [1.54, 1.807) is 6.07 Å². The number of anilines is 2. The van der Waals surface area contributed by atoms with Gasteiger partial charge in [0.1, 0.15) is 17.5 Å². The molecule has 2 aromatic heterocycles. The summed E-state index contributed by atoms with van der Waals surface area (Å²) in [5.41, 5.74) is 6.52. The summed E-state index contributed by atoms with van der Waals surface area (Å²) < 4.78 is 48.4. The van der Waals surface area contributed by atoms with Gasteiger partial charge in [-0.15, -0.1) is 0 Å². The fourth-order valence-corrected chi connectivity index (χ4v) is 4.66. The largest absolute Gasteiger partial charge is 0.378 e. The van der Waals surface area contributed by atoms with Gasteiger partial charge in [-0.3, -0.25) is 4.57 Å². The van der Waals surface area contributed by atoms with Gasteiger partial charge in [0, 0.05) is 37.8 Å². The fraction of sp³-hybridized carbons (Fsp3) is 0.522. The predicted octanol–water partition coefficient (Wildman–Crippen LogP) is 3.66. The molecule has 5 rings (SSSR count). The SMILES string of the molecule is NC1CCC(CNc2nc(N3CCOCC3)cc(-n3c(C(F)F)nc4cc(F)ccc43)n2)CC1. The molecule has 1 saturated carbocycles. The van der Waals surface area contributed by atoms with Gasteiger partial charge in [0.05, 0.1) is 24.2 Å². The molecular weight excluding hydrogens is 447 g/mol. The van der Waals surface area contributed by atoms with Crippen LogP contribution in [0.15, 0.2) is 24.3 Å². The normalized spacial score (nSPS) is 21.4. The second-order valence-corrected chi connectivity index (χ2v) is 8.91. The Labute approximate surface area is 195 Å². The Balaban J connectivity index is 1.53. The Hall–Kier alpha value is -2.92. The van der Waals surface area contributed by atoms with Gasteiger partial charge in [-0.25, -0.2) is 18.2 Å². The molecule has 1 aromatic carbocycles. The highest BCUT2D eigenvalue weighted by Crippen LogP contribution is 2.30. The van der Waals surface area contributed by atoms with Crippen molar-refractivity contribution in [3.05, 3.63) is 35.9 Å². The topological polar surface area (TPSA) is 94.1 Å². The summed E-state index contributed by atoms with van der Waals surface area (Å²) in [6.45, 7) is 3.05. The van der Waals surface area contributed by atoms with Gasteiger partial charge in [-0.1, -0.05) is 0 Å². The van der Waals surface area contributed by atoms with Crippen molar-refractivity contribution in [3.8, 4) is 5.82 Å². The maximum atomic E-state index is 14.0. The quantitative estimate of drug-likeness (QED) is 0.562. The second kappa shape index (κ2) is 9.75. The van der Waals surface area contributed by atoms with E-state index in [4.69, 9.17) is 10.5 Å². The van der Waals surface area contributed by atoms with Gasteiger partial charge in [0.15, 0.2) is 5.82 Å². The van der Waals surface area contributed by atoms with Crippen LogP contribution in [0, 0.1) is 11.7 Å². The van der Waals surface area contributed by atoms with Crippen LogP contribution in [0.1, 0.15) is 37.9 Å². The minimum atomic E-state index is -2.86. The summed E-state index contributed by atoms with van der Waals surface area (Å²) in [5, 5.41) is 3.31. The Morgan fingerprint density at radius 1 is 1.03 bits per heavy atom. The van der Waals surface area contributed by atoms with Crippen LogP contribution < -0.4 is 16.0 Å². The van der Waals surface area contributed by atoms with Crippen molar-refractivity contribution in [2.24, 2.45) is 11.7 Å². The number of nitrogens with two attached hydrogens (primary N) is 1. The van der Waals surface area contributed by atoms with Crippen molar-refractivity contribution in [2.75, 3.05) is 43.1 Å². The molecule has 11 heteroatoms. The number of nitrogens with one attached hydrogen (secondary N) is 1. The minimum Gasteiger partial charge on any atom is -0.378 e. The van der Waals surface area contributed by atoms with E-state index in [2.05, 4.69) is 20.3 Å². The first kappa shape index (κ1) is 22.9. The number of ether oxygens (including phenoxy) is 1. The first-order chi connectivity index (χ1) is 16.5. The summed E-state index contributed by atoms with van der Waals surface area (Å²) >= 11 is 0. The van der Waals surface area contributed by atoms with Crippen molar-refractivity contribution < 1.29 is 17.9 Å². The minimum absolute atomic E-state index is 0.148. The van der Waals surface area contributed by atoms with Gasteiger partial charge in [-0.2, -0.15) is 9.97 Å². The standard InChI is InChI=1S/C23H28F3N7O/c24-15-3-6-18-17(11-15)29-22(21(25)26)33(18)20-12-19(32-7-9-34-10-8-32)30-23(31-20)28-13-14-1-4-16(27)5-2-14/h3,6,11-12,14,16,21H,1-2,4-5,7-10,13,27H2,(H,28,30,31). The summed E-state index contributed by atoms with van der Waals surface area (Å²) in [6, 6.07) is 5.75. The smallest absolute Gasteiger partial charge is 0.296 e. The third-order valence-electron chi connectivity index (χ3n) is 6.54. The number of aromatic nitrogens is 4. The highest BCUT2D eigenvalue weighted by Gasteiger charge is 2.24. The number of imidazole rings is 1. The zero-order valence-corrected chi connectivity index (χ0v) is 18.8. The van der Waals surface area contributed by atoms with E-state index < -0.39 is 18.1 Å². The van der Waals surface area contributed by atoms with E-state index in [-0.39, 0.29) is 17.4 Å². The zero-order valence-electron chi connectivity index (χ0n) is 18.8. The number of alkyl halides is 2. The lowest BCUT2D eigenvalue weighted by Crippen LogP contribution is -2.37. The third kappa shape index (κ3) is 4.80. The molecule has 0 atom stereocenters. The summed E-state index contributed by atoms with van der Waals surface area (Å²) in [5.74, 6) is 0.661. The van der Waals surface area contributed by atoms with Gasteiger partial charge >= 0.3 is 0 Å². The van der Waals surface area contributed by atoms with E-state index in [0.717, 1.165) is 31.7 Å². The molecule has 0 unspecified atom stereocenters. The number of fused-ring (bicyclic) bond motifs is 1. The van der Waals surface area contributed by atoms with E-state index in [9.17, 15) is 13.2 Å². The number of hydrogen-bond acceptors (Lipinski definition) is 7. The van der Waals surface area contributed by atoms with Crippen LogP contribution >= 0.6 is 0 Å². The van der Waals surface area contributed by atoms with Gasteiger partial charge in [0.2, 0.25) is 5.95 Å². The highest BCUT2D eigenvalue weighted by molar-refractivity contribution is 5.78. The Morgan fingerprint density at radius 2 is 1.76 bits per heavy atom. The first-order valence-electron chi connectivity index (χ1n) is 11.7. The average molecular weight is 476 g/mol. The first-order valence-corrected chi connectivity index (χ1v) is 11.7. The van der Waals surface area contributed by atoms with Crippen LogP contribution in [-0.4, -0.2) is 58.4 Å². The molecule has 0 radical (unpaired) electrons. The van der Waals surface area contributed by atoms with Crippen LogP contribution in [0.3, 0.4) is 0 Å². The molecule has 34 heavy (non-hydrogen) atoms. The van der Waals surface area contributed by atoms with Crippen molar-refractivity contribution in [2.45, 2.75) is 38.2 Å². The number of halogens is 3. The molecule has 3 N–H and O–H groups in total. The lowest BCUT2D eigenvalue weighted by molar-refractivity contribution is 0.122. The molecule has 8 nitrogen and oxygen atoms in total. The maximum Gasteiger partial charge on any atom is 0.296 e. The fourth-order valence-electron chi connectivity index (χ4n) is 4.66. The lowest BCUT2D eigenvalue weighted by atomic mass is 9.86. The Bertz CT molecular complexity index is 1140. The van der Waals surface area contributed by atoms with Crippen LogP contribution in [-0.2, 0) is 4.74 Å². The number of benzene rings is 1. The molecule has 2 aliphatic rings. The monoisotopic (exact) mass is 475 g/mol. The van der Waals surface area contributed by atoms with Crippen molar-refractivity contribution in [3.63, 3.8) is 0 Å². The molecule has 0 bridgehead atoms. The Morgan fingerprint density at radius 3 is 2.50 bits per heavy atom. The van der Waals surface area contributed by atoms with E-state index in [1.807, 2.05) is 4.90 Å². The molecule has 1 aliphatic heterocycles. The van der Waals surface area contributed by atoms with Gasteiger partial charge in [0.25, 0.3) is 6.43 Å². The zero-order chi connectivity index (χ0) is 23.7. The van der Waals surface area contributed by atoms with Crippen LogP contribution in [0.25, 0.3) is 16.9 Å². The third-order valence-corrected chi connectivity index (χ3v) is 6.54. The molecule has 1 saturated heterocycles. The van der Waals surface area contributed by atoms with Crippen LogP contribution in [0.2, 0.25) is 0 Å². The van der Waals surface area contributed by atoms with Crippen molar-refractivity contribution >= 4 is 22.8 Å². The molecule has 3 aromatic rings. The molecule has 182 valence electrons. The molecular formula is C23H28F3N7O. The van der Waals surface area contributed by atoms with Crippen molar-refractivity contribution in [1.82, 2.24) is 19.5 Å². The summed E-state index contributed by atoms with van der Waals surface area (Å²) in [4.78, 5) is 15.3. The molecule has 0 amide bonds. The van der Waals surface area contributed by atoms with Gasteiger partial charge in [-0.05, 0) is 43.7 Å². The van der Waals surface area contributed by atoms with E-state index in [1.165, 1.54) is 16.7 Å². The Kier molecular flexibility index (Phi) is 6.55. The number of rotatable bonds is 6. The molecule has 3 heterocycles. The van der Waals surface area contributed by atoms with Crippen LogP contribution in [0.4, 0.5) is 24.9 Å². The molecule has 2 fully saturated rings. The molecule has 1 aliphatic carbocycles. The summed E-state index contributed by atoms with van der Waals surface area (Å²) in [6.07, 6.45) is 1.16. The maximum absolute atomic E-state index is 14.0. The van der Waals surface area contributed by atoms with Crippen molar-refractivity contribution in [1.29, 1.82) is 0 Å². The highest BCUT2D eigenvalue weighted by atomic mass is 19.3. The molecule has 0 spiro atoms. The number of morpholine rings is 1. The second-order valence-electron chi connectivity index (χ2n) is 8.91. The summed E-state index contributed by atoms with van der Waals surface area (Å²) in [7, 11) is 0. The lowest BCUT2D eigenvalue weighted by Gasteiger charge is -2.29. The van der Waals surface area contributed by atoms with Gasteiger partial charge < -0.3 is 20.7 Å². The predicted molar refractivity (Wildman–Crippen MR) is 123 cm³/mol. The number of hydrogen-bond donors (Lipinski definition) is 2. The average Bonchev–Trinajstić information content (AvgIpc) is 3.23. The number of nitrogens with zero attached hydrogens (tertiary/aromatic N) is 5. The van der Waals surface area contributed by atoms with E-state index >= 15 is 0 Å². The van der Waals surface area contributed by atoms with Crippen LogP contribution in [0.5, 0.6) is 0 Å². The van der Waals surface area contributed by atoms with E-state index in [0.29, 0.717) is 56.0 Å².